The van der Waals surface area contributed by atoms with Gasteiger partial charge >= 0.3 is 5.97 Å². The van der Waals surface area contributed by atoms with Crippen molar-refractivity contribution in [2.45, 2.75) is 24.8 Å². The van der Waals surface area contributed by atoms with E-state index in [1.54, 1.807) is 12.4 Å². The zero-order valence-electron chi connectivity index (χ0n) is 9.54. The molecule has 18 heavy (non-hydrogen) atoms. The SMILES string of the molecule is O=C(O)C1CC(c2noc3nccnc23)CCN1. The summed E-state index contributed by atoms with van der Waals surface area (Å²) >= 11 is 0. The summed E-state index contributed by atoms with van der Waals surface area (Å²) in [6.45, 7) is 0.649. The molecule has 2 unspecified atom stereocenters. The zero-order chi connectivity index (χ0) is 12.5. The molecule has 0 bridgehead atoms. The molecule has 0 aromatic carbocycles. The first-order valence-electron chi connectivity index (χ1n) is 5.78. The topological polar surface area (TPSA) is 101 Å². The molecule has 3 rings (SSSR count). The number of rotatable bonds is 2. The minimum absolute atomic E-state index is 0.0466. The van der Waals surface area contributed by atoms with Gasteiger partial charge in [0.15, 0.2) is 5.52 Å². The van der Waals surface area contributed by atoms with E-state index in [9.17, 15) is 4.79 Å². The Bertz CT molecular complexity index is 582. The third-order valence-electron chi connectivity index (χ3n) is 3.23. The van der Waals surface area contributed by atoms with E-state index in [4.69, 9.17) is 9.63 Å². The van der Waals surface area contributed by atoms with Gasteiger partial charge in [0.1, 0.15) is 11.7 Å². The second-order valence-electron chi connectivity index (χ2n) is 4.34. The van der Waals surface area contributed by atoms with Gasteiger partial charge in [-0.3, -0.25) is 4.79 Å². The molecule has 7 heteroatoms. The van der Waals surface area contributed by atoms with Crippen LogP contribution in [0.25, 0.3) is 11.2 Å². The standard InChI is InChI=1S/C11H12N4O3/c16-11(17)7-5-6(1-2-12-7)8-9-10(18-15-8)14-4-3-13-9/h3-4,6-7,12H,1-2,5H2,(H,16,17). The summed E-state index contributed by atoms with van der Waals surface area (Å²) in [7, 11) is 0. The van der Waals surface area contributed by atoms with E-state index in [0.29, 0.717) is 29.9 Å². The van der Waals surface area contributed by atoms with E-state index < -0.39 is 12.0 Å². The second kappa shape index (κ2) is 4.34. The first kappa shape index (κ1) is 11.1. The van der Waals surface area contributed by atoms with Crippen LogP contribution in [0.4, 0.5) is 0 Å². The van der Waals surface area contributed by atoms with Crippen molar-refractivity contribution in [2.75, 3.05) is 6.54 Å². The summed E-state index contributed by atoms with van der Waals surface area (Å²) in [4.78, 5) is 19.2. The van der Waals surface area contributed by atoms with E-state index in [0.717, 1.165) is 6.42 Å². The average molecular weight is 248 g/mol. The van der Waals surface area contributed by atoms with Crippen LogP contribution in [-0.4, -0.2) is 38.8 Å². The van der Waals surface area contributed by atoms with Crippen LogP contribution >= 0.6 is 0 Å². The predicted molar refractivity (Wildman–Crippen MR) is 61.0 cm³/mol. The molecule has 2 aromatic rings. The number of carboxylic acid groups (broad SMARTS) is 1. The summed E-state index contributed by atoms with van der Waals surface area (Å²) in [5.41, 5.74) is 1.75. The molecule has 7 nitrogen and oxygen atoms in total. The molecule has 0 spiro atoms. The van der Waals surface area contributed by atoms with Crippen LogP contribution in [0.1, 0.15) is 24.5 Å². The fraction of sp³-hybridized carbons (Fsp3) is 0.455. The average Bonchev–Trinajstić information content (AvgIpc) is 2.82. The van der Waals surface area contributed by atoms with Crippen LogP contribution in [0.5, 0.6) is 0 Å². The molecule has 0 amide bonds. The maximum atomic E-state index is 11.0. The number of aliphatic carboxylic acids is 1. The number of nitrogens with one attached hydrogen (secondary N) is 1. The molecule has 2 N–H and O–H groups in total. The van der Waals surface area contributed by atoms with Crippen molar-refractivity contribution in [1.82, 2.24) is 20.4 Å². The maximum absolute atomic E-state index is 11.0. The van der Waals surface area contributed by atoms with E-state index in [1.807, 2.05) is 0 Å². The normalized spacial score (nSPS) is 24.2. The van der Waals surface area contributed by atoms with Crippen LogP contribution in [-0.2, 0) is 4.79 Å². The Morgan fingerprint density at radius 2 is 2.28 bits per heavy atom. The Balaban J connectivity index is 1.92. The quantitative estimate of drug-likeness (QED) is 0.799. The predicted octanol–water partition coefficient (Wildman–Crippen LogP) is 0.538. The van der Waals surface area contributed by atoms with Gasteiger partial charge in [-0.1, -0.05) is 5.16 Å². The fourth-order valence-corrected chi connectivity index (χ4v) is 2.33. The van der Waals surface area contributed by atoms with Gasteiger partial charge in [0, 0.05) is 18.3 Å². The van der Waals surface area contributed by atoms with Crippen LogP contribution in [0.15, 0.2) is 16.9 Å². The molecule has 1 aliphatic rings. The molecule has 0 aliphatic carbocycles. The highest BCUT2D eigenvalue weighted by atomic mass is 16.5. The van der Waals surface area contributed by atoms with Crippen molar-refractivity contribution in [3.05, 3.63) is 18.1 Å². The molecule has 2 atom stereocenters. The minimum atomic E-state index is -0.835. The van der Waals surface area contributed by atoms with E-state index >= 15 is 0 Å². The van der Waals surface area contributed by atoms with Crippen LogP contribution in [0.3, 0.4) is 0 Å². The van der Waals surface area contributed by atoms with Crippen molar-refractivity contribution in [3.63, 3.8) is 0 Å². The Hall–Kier alpha value is -2.02. The first-order chi connectivity index (χ1) is 8.75. The largest absolute Gasteiger partial charge is 0.480 e. The lowest BCUT2D eigenvalue weighted by Gasteiger charge is -2.26. The summed E-state index contributed by atoms with van der Waals surface area (Å²) in [5, 5.41) is 16.0. The van der Waals surface area contributed by atoms with Crippen molar-refractivity contribution in [2.24, 2.45) is 0 Å². The smallest absolute Gasteiger partial charge is 0.320 e. The third kappa shape index (κ3) is 1.82. The highest BCUT2D eigenvalue weighted by Gasteiger charge is 2.30. The Morgan fingerprint density at radius 3 is 3.11 bits per heavy atom. The van der Waals surface area contributed by atoms with E-state index in [1.165, 1.54) is 0 Å². The van der Waals surface area contributed by atoms with Gasteiger partial charge in [-0.25, -0.2) is 9.97 Å². The number of carboxylic acids is 1. The number of hydrogen-bond donors (Lipinski definition) is 2. The summed E-state index contributed by atoms with van der Waals surface area (Å²) in [5.74, 6) is -0.788. The van der Waals surface area contributed by atoms with Crippen LogP contribution in [0.2, 0.25) is 0 Å². The van der Waals surface area contributed by atoms with E-state index in [-0.39, 0.29) is 5.92 Å². The molecule has 3 heterocycles. The van der Waals surface area contributed by atoms with Crippen molar-refractivity contribution in [3.8, 4) is 0 Å². The number of carbonyl (C=O) groups is 1. The molecule has 0 saturated carbocycles. The molecule has 94 valence electrons. The Morgan fingerprint density at radius 1 is 1.44 bits per heavy atom. The first-order valence-corrected chi connectivity index (χ1v) is 5.78. The van der Waals surface area contributed by atoms with Crippen LogP contribution < -0.4 is 5.32 Å². The van der Waals surface area contributed by atoms with Gasteiger partial charge in [-0.15, -0.1) is 0 Å². The zero-order valence-corrected chi connectivity index (χ0v) is 9.54. The van der Waals surface area contributed by atoms with E-state index in [2.05, 4.69) is 20.4 Å². The van der Waals surface area contributed by atoms with Crippen molar-refractivity contribution < 1.29 is 14.4 Å². The molecule has 1 fully saturated rings. The Kier molecular flexibility index (Phi) is 2.67. The molecular formula is C11H12N4O3. The second-order valence-corrected chi connectivity index (χ2v) is 4.34. The lowest BCUT2D eigenvalue weighted by molar-refractivity contribution is -0.140. The minimum Gasteiger partial charge on any atom is -0.480 e. The van der Waals surface area contributed by atoms with Gasteiger partial charge < -0.3 is 14.9 Å². The molecule has 0 radical (unpaired) electrons. The summed E-state index contributed by atoms with van der Waals surface area (Å²) < 4.78 is 5.11. The van der Waals surface area contributed by atoms with Gasteiger partial charge in [0.25, 0.3) is 5.71 Å². The number of aromatic nitrogens is 3. The Labute approximate surface area is 102 Å². The van der Waals surface area contributed by atoms with Crippen molar-refractivity contribution in [1.29, 1.82) is 0 Å². The van der Waals surface area contributed by atoms with Crippen LogP contribution in [0, 0.1) is 0 Å². The molecular weight excluding hydrogens is 236 g/mol. The molecule has 2 aromatic heterocycles. The van der Waals surface area contributed by atoms with Crippen molar-refractivity contribution >= 4 is 17.2 Å². The maximum Gasteiger partial charge on any atom is 0.320 e. The van der Waals surface area contributed by atoms with Gasteiger partial charge in [0.05, 0.1) is 0 Å². The van der Waals surface area contributed by atoms with Gasteiger partial charge in [-0.05, 0) is 19.4 Å². The van der Waals surface area contributed by atoms with Gasteiger partial charge in [0.2, 0.25) is 0 Å². The lowest BCUT2D eigenvalue weighted by Crippen LogP contribution is -2.42. The number of piperidine rings is 1. The monoisotopic (exact) mass is 248 g/mol. The highest BCUT2D eigenvalue weighted by molar-refractivity contribution is 5.74. The molecule has 1 aliphatic heterocycles. The van der Waals surface area contributed by atoms with Gasteiger partial charge in [-0.2, -0.15) is 0 Å². The number of nitrogens with zero attached hydrogens (tertiary/aromatic N) is 3. The number of hydrogen-bond acceptors (Lipinski definition) is 6. The molecule has 1 saturated heterocycles. The highest BCUT2D eigenvalue weighted by Crippen LogP contribution is 2.30. The number of fused-ring (bicyclic) bond motifs is 1. The fourth-order valence-electron chi connectivity index (χ4n) is 2.33. The summed E-state index contributed by atoms with van der Waals surface area (Å²) in [6.07, 6.45) is 4.44. The third-order valence-corrected chi connectivity index (χ3v) is 3.23. The lowest BCUT2D eigenvalue weighted by atomic mass is 9.89. The summed E-state index contributed by atoms with van der Waals surface area (Å²) in [6, 6.07) is -0.535.